The van der Waals surface area contributed by atoms with Crippen LogP contribution in [-0.4, -0.2) is 5.84 Å². The van der Waals surface area contributed by atoms with Crippen LogP contribution in [0.4, 0.5) is 4.39 Å². The van der Waals surface area contributed by atoms with Crippen LogP contribution >= 0.6 is 0 Å². The summed E-state index contributed by atoms with van der Waals surface area (Å²) in [5.41, 5.74) is 6.29. The first-order valence-electron chi connectivity index (χ1n) is 3.99. The van der Waals surface area contributed by atoms with Crippen LogP contribution in [0.3, 0.4) is 0 Å². The number of hydrazone groups is 1. The number of rotatable bonds is 3. The molecule has 0 fully saturated rings. The first kappa shape index (κ1) is 9.51. The smallest absolute Gasteiger partial charge is 0.123 e. The second kappa shape index (κ2) is 4.45. The normalized spacial score (nSPS) is 11.6. The maximum Gasteiger partial charge on any atom is 0.123 e. The topological polar surface area (TPSA) is 64.4 Å². The van der Waals surface area contributed by atoms with E-state index in [9.17, 15) is 4.39 Å². The van der Waals surface area contributed by atoms with E-state index in [1.165, 1.54) is 12.1 Å². The number of hydrogen-bond donors (Lipinski definition) is 2. The van der Waals surface area contributed by atoms with Crippen LogP contribution in [0.25, 0.3) is 0 Å². The Balaban J connectivity index is 2.55. The molecule has 0 saturated carbocycles. The molecule has 4 heteroatoms. The van der Waals surface area contributed by atoms with E-state index in [-0.39, 0.29) is 5.82 Å². The Labute approximate surface area is 76.2 Å². The first-order valence-corrected chi connectivity index (χ1v) is 3.99. The quantitative estimate of drug-likeness (QED) is 0.316. The van der Waals surface area contributed by atoms with Gasteiger partial charge in [0.05, 0.1) is 0 Å². The van der Waals surface area contributed by atoms with Gasteiger partial charge in [-0.15, -0.1) is 0 Å². The van der Waals surface area contributed by atoms with Crippen LogP contribution in [0.1, 0.15) is 12.0 Å². The maximum absolute atomic E-state index is 12.7. The van der Waals surface area contributed by atoms with Crippen molar-refractivity contribution in [2.24, 2.45) is 16.7 Å². The van der Waals surface area contributed by atoms with Crippen LogP contribution in [0.5, 0.6) is 0 Å². The fourth-order valence-corrected chi connectivity index (χ4v) is 1.03. The number of nitrogens with two attached hydrogens (primary N) is 2. The van der Waals surface area contributed by atoms with Crippen molar-refractivity contribution in [2.75, 3.05) is 0 Å². The summed E-state index contributed by atoms with van der Waals surface area (Å²) in [6.07, 6.45) is 1.21. The van der Waals surface area contributed by atoms with Crippen LogP contribution < -0.4 is 11.6 Å². The van der Waals surface area contributed by atoms with Crippen molar-refractivity contribution in [1.29, 1.82) is 0 Å². The third kappa shape index (κ3) is 3.11. The molecule has 0 aliphatic heterocycles. The maximum atomic E-state index is 12.7. The summed E-state index contributed by atoms with van der Waals surface area (Å²) < 4.78 is 12.7. The molecule has 0 heterocycles. The number of halogens is 1. The Morgan fingerprint density at radius 1 is 1.46 bits per heavy atom. The SMILES string of the molecule is N/N=C(\N)CCc1cccc(F)c1. The third-order valence-corrected chi connectivity index (χ3v) is 1.72. The summed E-state index contributed by atoms with van der Waals surface area (Å²) in [6.45, 7) is 0. The van der Waals surface area contributed by atoms with Crippen LogP contribution in [0.15, 0.2) is 29.4 Å². The fraction of sp³-hybridized carbons (Fsp3) is 0.222. The van der Waals surface area contributed by atoms with Gasteiger partial charge in [-0.3, -0.25) is 0 Å². The van der Waals surface area contributed by atoms with Gasteiger partial charge in [-0.1, -0.05) is 12.1 Å². The largest absolute Gasteiger partial charge is 0.386 e. The zero-order valence-corrected chi connectivity index (χ0v) is 7.20. The minimum Gasteiger partial charge on any atom is -0.386 e. The second-order valence-corrected chi connectivity index (χ2v) is 2.75. The molecule has 1 rings (SSSR count). The van der Waals surface area contributed by atoms with Crippen molar-refractivity contribution in [2.45, 2.75) is 12.8 Å². The van der Waals surface area contributed by atoms with Crippen molar-refractivity contribution in [3.8, 4) is 0 Å². The Morgan fingerprint density at radius 2 is 2.23 bits per heavy atom. The minimum absolute atomic E-state index is 0.235. The van der Waals surface area contributed by atoms with Crippen LogP contribution in [-0.2, 0) is 6.42 Å². The van der Waals surface area contributed by atoms with E-state index >= 15 is 0 Å². The number of nitrogens with zero attached hydrogens (tertiary/aromatic N) is 1. The van der Waals surface area contributed by atoms with E-state index in [4.69, 9.17) is 11.6 Å². The number of amidine groups is 1. The van der Waals surface area contributed by atoms with Crippen molar-refractivity contribution in [3.63, 3.8) is 0 Å². The van der Waals surface area contributed by atoms with Gasteiger partial charge in [0.2, 0.25) is 0 Å². The second-order valence-electron chi connectivity index (χ2n) is 2.75. The highest BCUT2D eigenvalue weighted by Crippen LogP contribution is 2.05. The monoisotopic (exact) mass is 181 g/mol. The van der Waals surface area contributed by atoms with E-state index in [1.807, 2.05) is 6.07 Å². The van der Waals surface area contributed by atoms with Gasteiger partial charge in [0.15, 0.2) is 0 Å². The predicted molar refractivity (Wildman–Crippen MR) is 50.5 cm³/mol. The lowest BCUT2D eigenvalue weighted by Crippen LogP contribution is -2.14. The molecule has 70 valence electrons. The Hall–Kier alpha value is -1.58. The molecular formula is C9H12FN3. The summed E-state index contributed by atoms with van der Waals surface area (Å²) in [6, 6.07) is 6.39. The first-order chi connectivity index (χ1) is 6.22. The average Bonchev–Trinajstić information content (AvgIpc) is 2.14. The zero-order chi connectivity index (χ0) is 9.68. The van der Waals surface area contributed by atoms with E-state index < -0.39 is 0 Å². The Morgan fingerprint density at radius 3 is 2.85 bits per heavy atom. The summed E-state index contributed by atoms with van der Waals surface area (Å²) in [4.78, 5) is 0. The van der Waals surface area contributed by atoms with Gasteiger partial charge in [0.1, 0.15) is 11.7 Å². The molecule has 0 bridgehead atoms. The van der Waals surface area contributed by atoms with E-state index in [0.29, 0.717) is 18.7 Å². The van der Waals surface area contributed by atoms with E-state index in [2.05, 4.69) is 5.10 Å². The molecule has 4 N–H and O–H groups in total. The van der Waals surface area contributed by atoms with Crippen molar-refractivity contribution in [1.82, 2.24) is 0 Å². The molecule has 3 nitrogen and oxygen atoms in total. The molecule has 0 amide bonds. The fourth-order valence-electron chi connectivity index (χ4n) is 1.03. The summed E-state index contributed by atoms with van der Waals surface area (Å²) >= 11 is 0. The lowest BCUT2D eigenvalue weighted by molar-refractivity contribution is 0.625. The highest BCUT2D eigenvalue weighted by atomic mass is 19.1. The Bertz CT molecular complexity index is 309. The van der Waals surface area contributed by atoms with Crippen molar-refractivity contribution in [3.05, 3.63) is 35.6 Å². The number of aryl methyl sites for hydroxylation is 1. The van der Waals surface area contributed by atoms with Gasteiger partial charge in [-0.25, -0.2) is 4.39 Å². The summed E-state index contributed by atoms with van der Waals surface area (Å²) in [5, 5.41) is 3.33. The third-order valence-electron chi connectivity index (χ3n) is 1.72. The van der Waals surface area contributed by atoms with Gasteiger partial charge < -0.3 is 11.6 Å². The number of hydrogen-bond acceptors (Lipinski definition) is 2. The molecule has 0 radical (unpaired) electrons. The average molecular weight is 181 g/mol. The van der Waals surface area contributed by atoms with E-state index in [1.54, 1.807) is 6.07 Å². The molecule has 0 aliphatic rings. The zero-order valence-electron chi connectivity index (χ0n) is 7.20. The highest BCUT2D eigenvalue weighted by Gasteiger charge is 1.97. The number of benzene rings is 1. The minimum atomic E-state index is -0.235. The molecule has 0 atom stereocenters. The van der Waals surface area contributed by atoms with Crippen LogP contribution in [0.2, 0.25) is 0 Å². The Kier molecular flexibility index (Phi) is 3.25. The lowest BCUT2D eigenvalue weighted by Gasteiger charge is -2.00. The standard InChI is InChI=1S/C9H12FN3/c10-8-3-1-2-7(6-8)4-5-9(11)13-12/h1-3,6H,4-5,12H2,(H2,11,13). The van der Waals surface area contributed by atoms with Crippen LogP contribution in [0, 0.1) is 5.82 Å². The van der Waals surface area contributed by atoms with E-state index in [0.717, 1.165) is 5.56 Å². The highest BCUT2D eigenvalue weighted by molar-refractivity contribution is 5.80. The molecule has 0 aliphatic carbocycles. The molecular weight excluding hydrogens is 169 g/mol. The van der Waals surface area contributed by atoms with Gasteiger partial charge in [0, 0.05) is 6.42 Å². The van der Waals surface area contributed by atoms with Gasteiger partial charge in [-0.2, -0.15) is 5.10 Å². The molecule has 0 spiro atoms. The van der Waals surface area contributed by atoms with Crippen molar-refractivity contribution < 1.29 is 4.39 Å². The lowest BCUT2D eigenvalue weighted by atomic mass is 10.1. The summed E-state index contributed by atoms with van der Waals surface area (Å²) in [7, 11) is 0. The summed E-state index contributed by atoms with van der Waals surface area (Å²) in [5.74, 6) is 5.10. The van der Waals surface area contributed by atoms with Gasteiger partial charge >= 0.3 is 0 Å². The molecule has 0 unspecified atom stereocenters. The predicted octanol–water partition coefficient (Wildman–Crippen LogP) is 0.989. The molecule has 0 aromatic heterocycles. The van der Waals surface area contributed by atoms with Gasteiger partial charge in [0.25, 0.3) is 0 Å². The molecule has 1 aromatic rings. The van der Waals surface area contributed by atoms with Crippen molar-refractivity contribution >= 4 is 5.84 Å². The molecule has 1 aromatic carbocycles. The molecule has 13 heavy (non-hydrogen) atoms. The molecule has 0 saturated heterocycles. The van der Waals surface area contributed by atoms with Gasteiger partial charge in [-0.05, 0) is 24.1 Å².